The monoisotopic (exact) mass is 291 g/mol. The third-order valence-corrected chi connectivity index (χ3v) is 4.11. The Balaban J connectivity index is 1.78. The van der Waals surface area contributed by atoms with E-state index in [-0.39, 0.29) is 0 Å². The Morgan fingerprint density at radius 3 is 2.95 bits per heavy atom. The van der Waals surface area contributed by atoms with E-state index in [1.807, 2.05) is 18.2 Å². The van der Waals surface area contributed by atoms with Gasteiger partial charge in [0.1, 0.15) is 17.8 Å². The average molecular weight is 291 g/mol. The molecule has 0 aliphatic carbocycles. The fourth-order valence-electron chi connectivity index (χ4n) is 2.86. The zero-order valence-electron chi connectivity index (χ0n) is 13.0. The highest BCUT2D eigenvalue weighted by molar-refractivity contribution is 5.58. The zero-order valence-corrected chi connectivity index (χ0v) is 13.0. The van der Waals surface area contributed by atoms with Crippen molar-refractivity contribution in [2.75, 3.05) is 26.8 Å². The lowest BCUT2D eigenvalue weighted by atomic mass is 10.1. The van der Waals surface area contributed by atoms with Gasteiger partial charge in [0.05, 0.1) is 13.7 Å². The molecular formula is C17H25NO3. The molecule has 4 nitrogen and oxygen atoms in total. The molecule has 21 heavy (non-hydrogen) atoms. The van der Waals surface area contributed by atoms with Crippen LogP contribution in [0.15, 0.2) is 18.2 Å². The number of ether oxygens (including phenoxy) is 2. The predicted molar refractivity (Wildman–Crippen MR) is 83.1 cm³/mol. The van der Waals surface area contributed by atoms with Crippen molar-refractivity contribution in [2.45, 2.75) is 38.6 Å². The Kier molecular flexibility index (Phi) is 6.05. The standard InChI is InChI=1S/C17H25NO3/c1-14-5-3-9-18(14)10-4-12-21-16-7-6-15(8-11-19)17(13-16)20-2/h6-7,11,13-14H,3-5,8-10,12H2,1-2H3/t14-/m1/s1. The topological polar surface area (TPSA) is 38.8 Å². The highest BCUT2D eigenvalue weighted by atomic mass is 16.5. The molecule has 0 unspecified atom stereocenters. The van der Waals surface area contributed by atoms with Crippen LogP contribution < -0.4 is 9.47 Å². The number of methoxy groups -OCH3 is 1. The van der Waals surface area contributed by atoms with Crippen molar-refractivity contribution in [3.8, 4) is 11.5 Å². The van der Waals surface area contributed by atoms with Crippen molar-refractivity contribution in [3.63, 3.8) is 0 Å². The van der Waals surface area contributed by atoms with E-state index in [0.717, 1.165) is 30.6 Å². The third-order valence-electron chi connectivity index (χ3n) is 4.11. The van der Waals surface area contributed by atoms with Crippen molar-refractivity contribution < 1.29 is 14.3 Å². The lowest BCUT2D eigenvalue weighted by molar-refractivity contribution is -0.107. The molecule has 1 fully saturated rings. The number of aldehydes is 1. The molecule has 1 saturated heterocycles. The Morgan fingerprint density at radius 2 is 2.29 bits per heavy atom. The van der Waals surface area contributed by atoms with Crippen LogP contribution in [0, 0.1) is 0 Å². The molecule has 0 radical (unpaired) electrons. The molecule has 1 aromatic carbocycles. The molecule has 4 heteroatoms. The second-order valence-electron chi connectivity index (χ2n) is 5.57. The lowest BCUT2D eigenvalue weighted by Gasteiger charge is -2.20. The first-order chi connectivity index (χ1) is 10.2. The van der Waals surface area contributed by atoms with Crippen molar-refractivity contribution in [3.05, 3.63) is 23.8 Å². The van der Waals surface area contributed by atoms with Gasteiger partial charge >= 0.3 is 0 Å². The van der Waals surface area contributed by atoms with Gasteiger partial charge in [0, 0.05) is 30.6 Å². The Hall–Kier alpha value is -1.55. The van der Waals surface area contributed by atoms with Crippen molar-refractivity contribution in [2.24, 2.45) is 0 Å². The van der Waals surface area contributed by atoms with Crippen LogP contribution in [0.2, 0.25) is 0 Å². The summed E-state index contributed by atoms with van der Waals surface area (Å²) in [7, 11) is 1.61. The molecule has 0 spiro atoms. The summed E-state index contributed by atoms with van der Waals surface area (Å²) in [6.45, 7) is 5.32. The highest BCUT2D eigenvalue weighted by Gasteiger charge is 2.19. The van der Waals surface area contributed by atoms with E-state index in [9.17, 15) is 4.79 Å². The van der Waals surface area contributed by atoms with E-state index < -0.39 is 0 Å². The first kappa shape index (κ1) is 15.8. The van der Waals surface area contributed by atoms with Gasteiger partial charge in [-0.2, -0.15) is 0 Å². The molecule has 0 aromatic heterocycles. The van der Waals surface area contributed by atoms with Crippen LogP contribution in [-0.4, -0.2) is 44.0 Å². The zero-order chi connectivity index (χ0) is 15.1. The summed E-state index contributed by atoms with van der Waals surface area (Å²) >= 11 is 0. The first-order valence-corrected chi connectivity index (χ1v) is 7.72. The van der Waals surface area contributed by atoms with E-state index in [1.54, 1.807) is 7.11 Å². The Bertz CT molecular complexity index is 461. The SMILES string of the molecule is COc1cc(OCCCN2CCC[C@H]2C)ccc1CC=O. The van der Waals surface area contributed by atoms with E-state index in [2.05, 4.69) is 11.8 Å². The van der Waals surface area contributed by atoms with Gasteiger partial charge in [0.2, 0.25) is 0 Å². The summed E-state index contributed by atoms with van der Waals surface area (Å²) in [5.41, 5.74) is 0.894. The third kappa shape index (κ3) is 4.46. The number of likely N-dealkylation sites (tertiary alicyclic amines) is 1. The van der Waals surface area contributed by atoms with E-state index >= 15 is 0 Å². The smallest absolute Gasteiger partial charge is 0.126 e. The summed E-state index contributed by atoms with van der Waals surface area (Å²) in [5, 5.41) is 0. The van der Waals surface area contributed by atoms with E-state index in [1.165, 1.54) is 19.4 Å². The quantitative estimate of drug-likeness (QED) is 0.545. The van der Waals surface area contributed by atoms with Gasteiger partial charge in [-0.15, -0.1) is 0 Å². The summed E-state index contributed by atoms with van der Waals surface area (Å²) < 4.78 is 11.1. The van der Waals surface area contributed by atoms with Gasteiger partial charge in [-0.1, -0.05) is 6.07 Å². The summed E-state index contributed by atoms with van der Waals surface area (Å²) in [5.74, 6) is 1.52. The fraction of sp³-hybridized carbons (Fsp3) is 0.588. The number of hydrogen-bond acceptors (Lipinski definition) is 4. The van der Waals surface area contributed by atoms with Crippen molar-refractivity contribution in [1.29, 1.82) is 0 Å². The predicted octanol–water partition coefficient (Wildman–Crippen LogP) is 2.69. The second kappa shape index (κ2) is 8.03. The molecule has 1 aromatic rings. The first-order valence-electron chi connectivity index (χ1n) is 7.72. The van der Waals surface area contributed by atoms with Crippen LogP contribution in [0.3, 0.4) is 0 Å². The molecule has 0 N–H and O–H groups in total. The second-order valence-corrected chi connectivity index (χ2v) is 5.57. The molecule has 1 atom stereocenters. The van der Waals surface area contributed by atoms with Crippen LogP contribution in [0.1, 0.15) is 31.7 Å². The number of benzene rings is 1. The molecule has 0 amide bonds. The van der Waals surface area contributed by atoms with Crippen LogP contribution in [0.5, 0.6) is 11.5 Å². The van der Waals surface area contributed by atoms with Crippen LogP contribution in [0.4, 0.5) is 0 Å². The van der Waals surface area contributed by atoms with Gasteiger partial charge in [0.25, 0.3) is 0 Å². The number of carbonyl (C=O) groups is 1. The van der Waals surface area contributed by atoms with Gasteiger partial charge < -0.3 is 19.2 Å². The Labute approximate surface area is 127 Å². The maximum absolute atomic E-state index is 10.6. The molecule has 0 bridgehead atoms. The molecule has 1 aliphatic heterocycles. The van der Waals surface area contributed by atoms with Crippen LogP contribution in [0.25, 0.3) is 0 Å². The van der Waals surface area contributed by atoms with Crippen LogP contribution in [-0.2, 0) is 11.2 Å². The average Bonchev–Trinajstić information content (AvgIpc) is 2.90. The molecule has 116 valence electrons. The summed E-state index contributed by atoms with van der Waals surface area (Å²) in [6.07, 6.45) is 4.92. The minimum absolute atomic E-state index is 0.371. The summed E-state index contributed by atoms with van der Waals surface area (Å²) in [6, 6.07) is 6.37. The maximum atomic E-state index is 10.6. The fourth-order valence-corrected chi connectivity index (χ4v) is 2.86. The molecule has 2 rings (SSSR count). The number of nitrogens with zero attached hydrogens (tertiary/aromatic N) is 1. The van der Waals surface area contributed by atoms with Crippen molar-refractivity contribution >= 4 is 6.29 Å². The normalized spacial score (nSPS) is 18.7. The van der Waals surface area contributed by atoms with Crippen molar-refractivity contribution in [1.82, 2.24) is 4.90 Å². The minimum Gasteiger partial charge on any atom is -0.496 e. The molecule has 0 saturated carbocycles. The Morgan fingerprint density at radius 1 is 1.43 bits per heavy atom. The number of hydrogen-bond donors (Lipinski definition) is 0. The highest BCUT2D eigenvalue weighted by Crippen LogP contribution is 2.25. The van der Waals surface area contributed by atoms with E-state index in [4.69, 9.17) is 9.47 Å². The molecule has 1 heterocycles. The summed E-state index contributed by atoms with van der Waals surface area (Å²) in [4.78, 5) is 13.1. The van der Waals surface area contributed by atoms with Gasteiger partial charge in [-0.3, -0.25) is 0 Å². The van der Waals surface area contributed by atoms with Gasteiger partial charge in [-0.05, 0) is 38.8 Å². The lowest BCUT2D eigenvalue weighted by Crippen LogP contribution is -2.28. The minimum atomic E-state index is 0.371. The van der Waals surface area contributed by atoms with Crippen LogP contribution >= 0.6 is 0 Å². The molecule has 1 aliphatic rings. The maximum Gasteiger partial charge on any atom is 0.126 e. The number of carbonyl (C=O) groups excluding carboxylic acids is 1. The molecular weight excluding hydrogens is 266 g/mol. The van der Waals surface area contributed by atoms with Gasteiger partial charge in [0.15, 0.2) is 0 Å². The van der Waals surface area contributed by atoms with E-state index in [0.29, 0.717) is 24.8 Å². The number of rotatable bonds is 8. The van der Waals surface area contributed by atoms with Gasteiger partial charge in [-0.25, -0.2) is 0 Å². The largest absolute Gasteiger partial charge is 0.496 e.